The predicted octanol–water partition coefficient (Wildman–Crippen LogP) is 0.856. The zero-order valence-electron chi connectivity index (χ0n) is 10.6. The molecule has 0 bridgehead atoms. The normalized spacial score (nSPS) is 17.0. The molecular weight excluding hydrogens is 234 g/mol. The number of aromatic nitrogens is 2. The Morgan fingerprint density at radius 2 is 2.22 bits per heavy atom. The van der Waals surface area contributed by atoms with Crippen molar-refractivity contribution in [3.63, 3.8) is 0 Å². The van der Waals surface area contributed by atoms with Crippen LogP contribution in [0.15, 0.2) is 6.07 Å². The highest BCUT2D eigenvalue weighted by Crippen LogP contribution is 2.35. The third kappa shape index (κ3) is 2.37. The number of carbonyl (C=O) groups excluding carboxylic acids is 1. The fourth-order valence-corrected chi connectivity index (χ4v) is 2.37. The topological polar surface area (TPSA) is 84.2 Å². The number of aliphatic carboxylic acids is 1. The molecule has 1 fully saturated rings. The van der Waals surface area contributed by atoms with Crippen LogP contribution in [0, 0.1) is 6.92 Å². The van der Waals surface area contributed by atoms with Crippen molar-refractivity contribution in [2.24, 2.45) is 7.05 Å². The third-order valence-electron chi connectivity index (χ3n) is 3.41. The van der Waals surface area contributed by atoms with Crippen LogP contribution in [0.5, 0.6) is 0 Å². The summed E-state index contributed by atoms with van der Waals surface area (Å²) in [5.74, 6) is -1.13. The quantitative estimate of drug-likeness (QED) is 0.831. The minimum absolute atomic E-state index is 0.0183. The molecule has 0 spiro atoms. The smallest absolute Gasteiger partial charge is 0.305 e. The molecule has 1 aliphatic carbocycles. The standard InChI is InChI=1S/C12H17N3O3/c1-8-6-9(15(2)14-8)11(18)13-12(4-3-5-12)7-10(16)17/h6H,3-5,7H2,1-2H3,(H,13,18)(H,16,17). The van der Waals surface area contributed by atoms with Gasteiger partial charge in [0.05, 0.1) is 17.7 Å². The van der Waals surface area contributed by atoms with Gasteiger partial charge in [-0.3, -0.25) is 14.3 Å². The molecule has 0 saturated heterocycles. The molecule has 2 N–H and O–H groups in total. The molecule has 2 rings (SSSR count). The van der Waals surface area contributed by atoms with Gasteiger partial charge in [0.15, 0.2) is 0 Å². The van der Waals surface area contributed by atoms with Gasteiger partial charge in [-0.1, -0.05) is 0 Å². The van der Waals surface area contributed by atoms with E-state index in [9.17, 15) is 9.59 Å². The average molecular weight is 251 g/mol. The molecule has 6 nitrogen and oxygen atoms in total. The first-order chi connectivity index (χ1) is 8.42. The summed E-state index contributed by atoms with van der Waals surface area (Å²) in [5.41, 5.74) is 0.661. The lowest BCUT2D eigenvalue weighted by atomic mass is 9.74. The number of rotatable bonds is 4. The Morgan fingerprint density at radius 3 is 2.61 bits per heavy atom. The van der Waals surface area contributed by atoms with Crippen LogP contribution in [0.1, 0.15) is 41.9 Å². The van der Waals surface area contributed by atoms with E-state index in [4.69, 9.17) is 5.11 Å². The second kappa shape index (κ2) is 4.44. The predicted molar refractivity (Wildman–Crippen MR) is 64.2 cm³/mol. The van der Waals surface area contributed by atoms with Crippen LogP contribution in [0.2, 0.25) is 0 Å². The number of carbonyl (C=O) groups is 2. The number of amides is 1. The van der Waals surface area contributed by atoms with E-state index in [-0.39, 0.29) is 12.3 Å². The van der Waals surface area contributed by atoms with Crippen molar-refractivity contribution in [1.29, 1.82) is 0 Å². The van der Waals surface area contributed by atoms with Crippen molar-refractivity contribution < 1.29 is 14.7 Å². The summed E-state index contributed by atoms with van der Waals surface area (Å²) >= 11 is 0. The fraction of sp³-hybridized carbons (Fsp3) is 0.583. The van der Waals surface area contributed by atoms with Crippen LogP contribution in [-0.4, -0.2) is 32.3 Å². The highest BCUT2D eigenvalue weighted by molar-refractivity contribution is 5.93. The number of nitrogens with one attached hydrogen (secondary N) is 1. The monoisotopic (exact) mass is 251 g/mol. The summed E-state index contributed by atoms with van der Waals surface area (Å²) in [5, 5.41) is 15.8. The fourth-order valence-electron chi connectivity index (χ4n) is 2.37. The van der Waals surface area contributed by atoms with E-state index in [2.05, 4.69) is 10.4 Å². The SMILES string of the molecule is Cc1cc(C(=O)NC2(CC(=O)O)CCC2)n(C)n1. The Morgan fingerprint density at radius 1 is 1.56 bits per heavy atom. The molecule has 1 saturated carbocycles. The third-order valence-corrected chi connectivity index (χ3v) is 3.41. The second-order valence-corrected chi connectivity index (χ2v) is 4.95. The first-order valence-electron chi connectivity index (χ1n) is 5.97. The minimum atomic E-state index is -0.879. The van der Waals surface area contributed by atoms with Gasteiger partial charge in [-0.25, -0.2) is 0 Å². The summed E-state index contributed by atoms with van der Waals surface area (Å²) in [6.07, 6.45) is 2.39. The van der Waals surface area contributed by atoms with Gasteiger partial charge in [-0.05, 0) is 32.3 Å². The Labute approximate surface area is 105 Å². The van der Waals surface area contributed by atoms with Crippen LogP contribution >= 0.6 is 0 Å². The first kappa shape index (κ1) is 12.6. The van der Waals surface area contributed by atoms with E-state index in [0.717, 1.165) is 25.0 Å². The van der Waals surface area contributed by atoms with Crippen molar-refractivity contribution in [1.82, 2.24) is 15.1 Å². The van der Waals surface area contributed by atoms with E-state index in [0.29, 0.717) is 5.69 Å². The highest BCUT2D eigenvalue weighted by Gasteiger charge is 2.40. The number of carboxylic acid groups (broad SMARTS) is 1. The summed E-state index contributed by atoms with van der Waals surface area (Å²) in [6, 6.07) is 1.70. The van der Waals surface area contributed by atoms with Crippen molar-refractivity contribution in [3.8, 4) is 0 Å². The largest absolute Gasteiger partial charge is 0.481 e. The maximum Gasteiger partial charge on any atom is 0.305 e. The van der Waals surface area contributed by atoms with Gasteiger partial charge in [-0.15, -0.1) is 0 Å². The molecule has 0 atom stereocenters. The minimum Gasteiger partial charge on any atom is -0.481 e. The van der Waals surface area contributed by atoms with Gasteiger partial charge in [0.1, 0.15) is 5.69 Å². The Bertz CT molecular complexity index is 489. The molecule has 98 valence electrons. The summed E-state index contributed by atoms with van der Waals surface area (Å²) in [4.78, 5) is 22.9. The van der Waals surface area contributed by atoms with E-state index in [1.807, 2.05) is 6.92 Å². The lowest BCUT2D eigenvalue weighted by Gasteiger charge is -2.41. The lowest BCUT2D eigenvalue weighted by Crippen LogP contribution is -2.54. The van der Waals surface area contributed by atoms with E-state index in [1.54, 1.807) is 13.1 Å². The zero-order chi connectivity index (χ0) is 13.3. The Balaban J connectivity index is 2.11. The molecular formula is C12H17N3O3. The molecule has 1 aromatic heterocycles. The Hall–Kier alpha value is -1.85. The van der Waals surface area contributed by atoms with Gasteiger partial charge in [0, 0.05) is 7.05 Å². The second-order valence-electron chi connectivity index (χ2n) is 4.95. The number of carboxylic acids is 1. The van der Waals surface area contributed by atoms with Crippen LogP contribution in [-0.2, 0) is 11.8 Å². The zero-order valence-corrected chi connectivity index (χ0v) is 10.6. The van der Waals surface area contributed by atoms with Gasteiger partial charge >= 0.3 is 5.97 Å². The molecule has 0 unspecified atom stereocenters. The van der Waals surface area contributed by atoms with E-state index in [1.165, 1.54) is 4.68 Å². The molecule has 0 aliphatic heterocycles. The van der Waals surface area contributed by atoms with E-state index < -0.39 is 11.5 Å². The molecule has 1 aliphatic rings. The summed E-state index contributed by atoms with van der Waals surface area (Å²) < 4.78 is 1.51. The van der Waals surface area contributed by atoms with Crippen LogP contribution in [0.3, 0.4) is 0 Å². The summed E-state index contributed by atoms with van der Waals surface area (Å²) in [6.45, 7) is 1.81. The molecule has 18 heavy (non-hydrogen) atoms. The number of hydrogen-bond donors (Lipinski definition) is 2. The average Bonchev–Trinajstić information content (AvgIpc) is 2.53. The molecule has 6 heteroatoms. The van der Waals surface area contributed by atoms with Crippen LogP contribution in [0.4, 0.5) is 0 Å². The van der Waals surface area contributed by atoms with Crippen molar-refractivity contribution in [2.75, 3.05) is 0 Å². The maximum absolute atomic E-state index is 12.1. The van der Waals surface area contributed by atoms with Gasteiger partial charge in [0.25, 0.3) is 5.91 Å². The molecule has 0 aromatic carbocycles. The molecule has 1 amide bonds. The lowest BCUT2D eigenvalue weighted by molar-refractivity contribution is -0.139. The van der Waals surface area contributed by atoms with Crippen molar-refractivity contribution >= 4 is 11.9 Å². The number of hydrogen-bond acceptors (Lipinski definition) is 3. The molecule has 1 heterocycles. The highest BCUT2D eigenvalue weighted by atomic mass is 16.4. The van der Waals surface area contributed by atoms with Crippen LogP contribution < -0.4 is 5.32 Å². The van der Waals surface area contributed by atoms with Gasteiger partial charge in [0.2, 0.25) is 0 Å². The molecule has 0 radical (unpaired) electrons. The first-order valence-corrected chi connectivity index (χ1v) is 5.97. The van der Waals surface area contributed by atoms with Crippen molar-refractivity contribution in [2.45, 2.75) is 38.1 Å². The van der Waals surface area contributed by atoms with Crippen LogP contribution in [0.25, 0.3) is 0 Å². The summed E-state index contributed by atoms with van der Waals surface area (Å²) in [7, 11) is 1.70. The maximum atomic E-state index is 12.1. The number of aryl methyl sites for hydroxylation is 2. The Kier molecular flexibility index (Phi) is 3.11. The number of nitrogens with zero attached hydrogens (tertiary/aromatic N) is 2. The molecule has 1 aromatic rings. The van der Waals surface area contributed by atoms with Gasteiger partial charge in [-0.2, -0.15) is 5.10 Å². The van der Waals surface area contributed by atoms with Gasteiger partial charge < -0.3 is 10.4 Å². The van der Waals surface area contributed by atoms with Crippen molar-refractivity contribution in [3.05, 3.63) is 17.5 Å². The van der Waals surface area contributed by atoms with E-state index >= 15 is 0 Å².